The highest BCUT2D eigenvalue weighted by Crippen LogP contribution is 2.17. The topological polar surface area (TPSA) is 102 Å². The maximum atomic E-state index is 5.41. The van der Waals surface area contributed by atoms with E-state index < -0.39 is 8.80 Å². The van der Waals surface area contributed by atoms with Gasteiger partial charge < -0.3 is 29.2 Å². The van der Waals surface area contributed by atoms with Crippen molar-refractivity contribution in [2.45, 2.75) is 31.7 Å². The van der Waals surface area contributed by atoms with Crippen LogP contribution in [0, 0.1) is 0 Å². The zero-order chi connectivity index (χ0) is 17.8. The van der Waals surface area contributed by atoms with Crippen molar-refractivity contribution in [3.63, 3.8) is 0 Å². The number of hydrogen-bond donors (Lipinski definition) is 3. The maximum absolute atomic E-state index is 5.41. The second kappa shape index (κ2) is 11.1. The average molecular weight is 359 g/mol. The van der Waals surface area contributed by atoms with E-state index in [0.29, 0.717) is 17.8 Å². The van der Waals surface area contributed by atoms with Crippen LogP contribution in [0.3, 0.4) is 0 Å². The highest BCUT2D eigenvalue weighted by Gasteiger charge is 2.36. The Labute approximate surface area is 145 Å². The first-order valence-electron chi connectivity index (χ1n) is 8.14. The lowest BCUT2D eigenvalue weighted by molar-refractivity contribution is 0.122. The molecule has 1 aromatic heterocycles. The van der Waals surface area contributed by atoms with Crippen molar-refractivity contribution < 1.29 is 13.3 Å². The third kappa shape index (κ3) is 6.55. The molecule has 0 aromatic carbocycles. The summed E-state index contributed by atoms with van der Waals surface area (Å²) in [5, 5.41) is 9.06. The lowest BCUT2D eigenvalue weighted by Gasteiger charge is -2.24. The summed E-state index contributed by atoms with van der Waals surface area (Å²) in [6, 6.07) is 0.842. The summed E-state index contributed by atoms with van der Waals surface area (Å²) >= 11 is 0. The van der Waals surface area contributed by atoms with Crippen molar-refractivity contribution in [3.8, 4) is 0 Å². The first-order valence-corrected chi connectivity index (χ1v) is 10.1. The van der Waals surface area contributed by atoms with Crippen LogP contribution in [0.25, 0.3) is 0 Å². The summed E-state index contributed by atoms with van der Waals surface area (Å²) in [6.45, 7) is 0.817. The number of anilines is 3. The lowest BCUT2D eigenvalue weighted by Crippen LogP contribution is -2.42. The predicted octanol–water partition coefficient (Wildman–Crippen LogP) is 1.81. The molecule has 1 heterocycles. The summed E-state index contributed by atoms with van der Waals surface area (Å²) in [5.41, 5.74) is 0. The Morgan fingerprint density at radius 3 is 1.75 bits per heavy atom. The number of nitrogens with one attached hydrogen (secondary N) is 3. The van der Waals surface area contributed by atoms with Crippen molar-refractivity contribution in [1.82, 2.24) is 15.0 Å². The summed E-state index contributed by atoms with van der Waals surface area (Å²) in [6.07, 6.45) is 4.28. The van der Waals surface area contributed by atoms with Gasteiger partial charge in [0.15, 0.2) is 0 Å². The van der Waals surface area contributed by atoms with Crippen LogP contribution in [-0.4, -0.2) is 65.7 Å². The molecule has 0 saturated heterocycles. The molecule has 0 aliphatic heterocycles. The fourth-order valence-corrected chi connectivity index (χ4v) is 4.05. The van der Waals surface area contributed by atoms with Gasteiger partial charge in [-0.2, -0.15) is 15.0 Å². The van der Waals surface area contributed by atoms with E-state index in [9.17, 15) is 0 Å². The van der Waals surface area contributed by atoms with Crippen LogP contribution in [0.4, 0.5) is 17.8 Å². The lowest BCUT2D eigenvalue weighted by atomic mass is 10.2. The Hall–Kier alpha value is -1.49. The molecule has 0 spiro atoms. The van der Waals surface area contributed by atoms with E-state index in [1.807, 2.05) is 0 Å². The summed E-state index contributed by atoms with van der Waals surface area (Å²) in [7, 11) is 6.09. The van der Waals surface area contributed by atoms with Gasteiger partial charge in [-0.15, -0.1) is 0 Å². The normalized spacial score (nSPS) is 11.4. The number of unbranched alkanes of at least 4 members (excludes halogenated alkanes) is 3. The monoisotopic (exact) mass is 358 g/mol. The van der Waals surface area contributed by atoms with Crippen molar-refractivity contribution in [1.29, 1.82) is 0 Å². The smallest absolute Gasteiger partial charge is 0.377 e. The van der Waals surface area contributed by atoms with Crippen LogP contribution < -0.4 is 16.0 Å². The van der Waals surface area contributed by atoms with Crippen molar-refractivity contribution >= 4 is 26.6 Å². The molecule has 138 valence electrons. The SMILES string of the molecule is CNc1nc(NC)nc(NCCCCCC[Si](OC)(OC)OC)n1. The van der Waals surface area contributed by atoms with Crippen LogP contribution in [0.2, 0.25) is 6.04 Å². The van der Waals surface area contributed by atoms with Crippen LogP contribution in [0.5, 0.6) is 0 Å². The van der Waals surface area contributed by atoms with Gasteiger partial charge in [0.2, 0.25) is 17.8 Å². The van der Waals surface area contributed by atoms with E-state index in [-0.39, 0.29) is 0 Å². The Bertz CT molecular complexity index is 445. The Balaban J connectivity index is 2.25. The van der Waals surface area contributed by atoms with Gasteiger partial charge in [0.05, 0.1) is 0 Å². The molecule has 0 amide bonds. The van der Waals surface area contributed by atoms with E-state index in [2.05, 4.69) is 30.9 Å². The second-order valence-electron chi connectivity index (χ2n) is 5.19. The van der Waals surface area contributed by atoms with Crippen LogP contribution >= 0.6 is 0 Å². The molecule has 9 nitrogen and oxygen atoms in total. The van der Waals surface area contributed by atoms with Gasteiger partial charge in [-0.1, -0.05) is 12.8 Å². The molecule has 10 heteroatoms. The van der Waals surface area contributed by atoms with Gasteiger partial charge in [0.25, 0.3) is 0 Å². The van der Waals surface area contributed by atoms with Crippen LogP contribution in [0.15, 0.2) is 0 Å². The van der Waals surface area contributed by atoms with Crippen molar-refractivity contribution in [2.24, 2.45) is 0 Å². The van der Waals surface area contributed by atoms with E-state index in [4.69, 9.17) is 13.3 Å². The number of aromatic nitrogens is 3. The first kappa shape index (κ1) is 20.6. The largest absolute Gasteiger partial charge is 0.500 e. The van der Waals surface area contributed by atoms with Gasteiger partial charge in [-0.3, -0.25) is 0 Å². The molecule has 24 heavy (non-hydrogen) atoms. The minimum absolute atomic E-state index is 0.539. The van der Waals surface area contributed by atoms with Crippen molar-refractivity contribution in [3.05, 3.63) is 0 Å². The fourth-order valence-electron chi connectivity index (χ4n) is 2.26. The van der Waals surface area contributed by atoms with E-state index >= 15 is 0 Å². The molecule has 0 aliphatic carbocycles. The molecule has 0 atom stereocenters. The quantitative estimate of drug-likeness (QED) is 0.360. The zero-order valence-corrected chi connectivity index (χ0v) is 16.3. The van der Waals surface area contributed by atoms with Gasteiger partial charge in [0, 0.05) is 48.0 Å². The van der Waals surface area contributed by atoms with Gasteiger partial charge in [0.1, 0.15) is 0 Å². The third-order valence-corrected chi connectivity index (χ3v) is 6.54. The molecule has 1 aromatic rings. The highest BCUT2D eigenvalue weighted by atomic mass is 28.4. The molecule has 0 fully saturated rings. The maximum Gasteiger partial charge on any atom is 0.500 e. The average Bonchev–Trinajstić information content (AvgIpc) is 2.64. The molecule has 0 radical (unpaired) electrons. The molecule has 0 aliphatic rings. The number of hydrogen-bond acceptors (Lipinski definition) is 9. The Morgan fingerprint density at radius 1 is 0.750 bits per heavy atom. The fraction of sp³-hybridized carbons (Fsp3) is 0.786. The van der Waals surface area contributed by atoms with Crippen LogP contribution in [-0.2, 0) is 13.3 Å². The van der Waals surface area contributed by atoms with E-state index in [1.54, 1.807) is 35.4 Å². The number of nitrogens with zero attached hydrogens (tertiary/aromatic N) is 3. The molecule has 1 rings (SSSR count). The Kier molecular flexibility index (Phi) is 9.53. The standard InChI is InChI=1S/C14H30N6O3Si/c1-15-12-18-13(16-2)20-14(19-12)17-10-8-6-7-9-11-24(21-3,22-4)23-5/h6-11H2,1-5H3,(H3,15,16,17,18,19,20). The second-order valence-corrected chi connectivity index (χ2v) is 8.28. The first-order chi connectivity index (χ1) is 11.6. The predicted molar refractivity (Wildman–Crippen MR) is 97.5 cm³/mol. The molecule has 0 saturated carbocycles. The third-order valence-electron chi connectivity index (χ3n) is 3.71. The Morgan fingerprint density at radius 2 is 1.25 bits per heavy atom. The van der Waals surface area contributed by atoms with Gasteiger partial charge >= 0.3 is 8.80 Å². The molecule has 0 bridgehead atoms. The zero-order valence-electron chi connectivity index (χ0n) is 15.3. The number of rotatable bonds is 13. The van der Waals surface area contributed by atoms with Gasteiger partial charge in [-0.05, 0) is 12.8 Å². The molecular formula is C14H30N6O3Si. The van der Waals surface area contributed by atoms with E-state index in [1.165, 1.54) is 0 Å². The van der Waals surface area contributed by atoms with Gasteiger partial charge in [-0.25, -0.2) is 0 Å². The van der Waals surface area contributed by atoms with Crippen molar-refractivity contribution in [2.75, 3.05) is 57.9 Å². The minimum Gasteiger partial charge on any atom is -0.377 e. The van der Waals surface area contributed by atoms with Crippen LogP contribution in [0.1, 0.15) is 25.7 Å². The van der Waals surface area contributed by atoms with E-state index in [0.717, 1.165) is 38.3 Å². The molecule has 3 N–H and O–H groups in total. The summed E-state index contributed by atoms with van der Waals surface area (Å²) in [4.78, 5) is 12.7. The summed E-state index contributed by atoms with van der Waals surface area (Å²) in [5.74, 6) is 1.65. The molecular weight excluding hydrogens is 328 g/mol. The summed E-state index contributed by atoms with van der Waals surface area (Å²) < 4.78 is 16.2. The minimum atomic E-state index is -2.42. The highest BCUT2D eigenvalue weighted by molar-refractivity contribution is 6.60. The molecule has 0 unspecified atom stereocenters.